The molecule has 1 aliphatic rings. The van der Waals surface area contributed by atoms with Crippen LogP contribution in [0.5, 0.6) is 0 Å². The molecule has 0 radical (unpaired) electrons. The fourth-order valence-electron chi connectivity index (χ4n) is 2.93. The van der Waals surface area contributed by atoms with Crippen molar-refractivity contribution in [2.24, 2.45) is 5.92 Å². The van der Waals surface area contributed by atoms with E-state index in [-0.39, 0.29) is 17.7 Å². The Hall–Kier alpha value is -2.14. The Bertz CT molecular complexity index is 709. The van der Waals surface area contributed by atoms with Crippen LogP contribution in [0.15, 0.2) is 42.5 Å². The fourth-order valence-corrected chi connectivity index (χ4v) is 3.89. The van der Waals surface area contributed by atoms with Gasteiger partial charge in [-0.15, -0.1) is 11.3 Å². The molecule has 0 aliphatic carbocycles. The molecule has 1 fully saturated rings. The van der Waals surface area contributed by atoms with Gasteiger partial charge in [-0.2, -0.15) is 0 Å². The van der Waals surface area contributed by atoms with Crippen LogP contribution in [0.1, 0.15) is 23.5 Å². The maximum atomic E-state index is 12.9. The molecule has 23 heavy (non-hydrogen) atoms. The molecular formula is C18H20N2O2S. The van der Waals surface area contributed by atoms with Crippen molar-refractivity contribution in [1.82, 2.24) is 10.2 Å². The Morgan fingerprint density at radius 3 is 2.65 bits per heavy atom. The van der Waals surface area contributed by atoms with E-state index in [0.29, 0.717) is 18.0 Å². The molecule has 2 amide bonds. The van der Waals surface area contributed by atoms with Crippen LogP contribution in [-0.2, 0) is 4.79 Å². The Kier molecular flexibility index (Phi) is 4.48. The van der Waals surface area contributed by atoms with Crippen molar-refractivity contribution < 1.29 is 9.59 Å². The minimum absolute atomic E-state index is 0.0502. The van der Waals surface area contributed by atoms with E-state index in [0.717, 1.165) is 10.4 Å². The van der Waals surface area contributed by atoms with Gasteiger partial charge in [0.05, 0.1) is 4.88 Å². The second-order valence-corrected chi connectivity index (χ2v) is 7.09. The van der Waals surface area contributed by atoms with Crippen LogP contribution in [-0.4, -0.2) is 35.8 Å². The van der Waals surface area contributed by atoms with Crippen LogP contribution < -0.4 is 5.32 Å². The number of carbonyl (C=O) groups is 2. The van der Waals surface area contributed by atoms with Crippen molar-refractivity contribution in [3.05, 3.63) is 47.3 Å². The average molecular weight is 328 g/mol. The van der Waals surface area contributed by atoms with Gasteiger partial charge in [-0.3, -0.25) is 9.59 Å². The average Bonchev–Trinajstić information content (AvgIpc) is 3.04. The summed E-state index contributed by atoms with van der Waals surface area (Å²) < 4.78 is 0. The summed E-state index contributed by atoms with van der Waals surface area (Å²) in [6.07, 6.45) is 0. The summed E-state index contributed by atoms with van der Waals surface area (Å²) in [4.78, 5) is 28.4. The summed E-state index contributed by atoms with van der Waals surface area (Å²) in [5.74, 6) is -0.0158. The van der Waals surface area contributed by atoms with Crippen molar-refractivity contribution in [2.45, 2.75) is 19.9 Å². The number of amides is 2. The summed E-state index contributed by atoms with van der Waals surface area (Å²) in [5, 5.41) is 2.85. The van der Waals surface area contributed by atoms with E-state index in [2.05, 4.69) is 5.32 Å². The smallest absolute Gasteiger partial charge is 0.264 e. The minimum atomic E-state index is -0.390. The fraction of sp³-hybridized carbons (Fsp3) is 0.333. The lowest BCUT2D eigenvalue weighted by atomic mass is 9.99. The van der Waals surface area contributed by atoms with E-state index in [9.17, 15) is 9.59 Å². The van der Waals surface area contributed by atoms with Gasteiger partial charge in [0.1, 0.15) is 6.04 Å². The van der Waals surface area contributed by atoms with Gasteiger partial charge >= 0.3 is 0 Å². The minimum Gasteiger partial charge on any atom is -0.353 e. The van der Waals surface area contributed by atoms with E-state index >= 15 is 0 Å². The second kappa shape index (κ2) is 6.54. The molecule has 2 heterocycles. The van der Waals surface area contributed by atoms with Crippen molar-refractivity contribution in [3.8, 4) is 10.4 Å². The maximum Gasteiger partial charge on any atom is 0.264 e. The van der Waals surface area contributed by atoms with Gasteiger partial charge < -0.3 is 10.2 Å². The molecule has 1 unspecified atom stereocenters. The Morgan fingerprint density at radius 2 is 1.96 bits per heavy atom. The summed E-state index contributed by atoms with van der Waals surface area (Å²) in [6, 6.07) is 13.5. The molecule has 5 heteroatoms. The summed E-state index contributed by atoms with van der Waals surface area (Å²) in [6.45, 7) is 5.02. The number of piperazine rings is 1. The molecule has 2 aromatic rings. The van der Waals surface area contributed by atoms with Gasteiger partial charge in [0, 0.05) is 18.0 Å². The lowest BCUT2D eigenvalue weighted by Crippen LogP contribution is -2.59. The second-order valence-electron chi connectivity index (χ2n) is 6.01. The first-order valence-electron chi connectivity index (χ1n) is 7.82. The van der Waals surface area contributed by atoms with Crippen LogP contribution in [0, 0.1) is 5.92 Å². The van der Waals surface area contributed by atoms with Gasteiger partial charge in [-0.25, -0.2) is 0 Å². The van der Waals surface area contributed by atoms with Crippen molar-refractivity contribution in [1.29, 1.82) is 0 Å². The van der Waals surface area contributed by atoms with Gasteiger partial charge in [0.15, 0.2) is 0 Å². The maximum absolute atomic E-state index is 12.9. The Labute approximate surface area is 140 Å². The van der Waals surface area contributed by atoms with Crippen molar-refractivity contribution >= 4 is 23.2 Å². The third kappa shape index (κ3) is 3.15. The molecule has 4 nitrogen and oxygen atoms in total. The third-order valence-corrected chi connectivity index (χ3v) is 5.15. The largest absolute Gasteiger partial charge is 0.353 e. The summed E-state index contributed by atoms with van der Waals surface area (Å²) in [5.41, 5.74) is 1.10. The van der Waals surface area contributed by atoms with Crippen LogP contribution >= 0.6 is 11.3 Å². The first-order chi connectivity index (χ1) is 11.1. The standard InChI is InChI=1S/C18H20N2O2S/c1-12(2)16-17(21)19-10-11-20(16)18(22)15-9-8-14(23-15)13-6-4-3-5-7-13/h3-9,12,16H,10-11H2,1-2H3,(H,19,21). The molecule has 0 spiro atoms. The molecule has 1 saturated heterocycles. The number of nitrogens with one attached hydrogen (secondary N) is 1. The number of nitrogens with zero attached hydrogens (tertiary/aromatic N) is 1. The van der Waals surface area contributed by atoms with Gasteiger partial charge in [-0.05, 0) is 23.6 Å². The van der Waals surface area contributed by atoms with Crippen LogP contribution in [0.25, 0.3) is 10.4 Å². The first-order valence-corrected chi connectivity index (χ1v) is 8.63. The highest BCUT2D eigenvalue weighted by Gasteiger charge is 2.36. The molecule has 120 valence electrons. The molecular weight excluding hydrogens is 308 g/mol. The van der Waals surface area contributed by atoms with Gasteiger partial charge in [-0.1, -0.05) is 44.2 Å². The van der Waals surface area contributed by atoms with Crippen LogP contribution in [0.4, 0.5) is 0 Å². The molecule has 1 aromatic carbocycles. The molecule has 0 bridgehead atoms. The van der Waals surface area contributed by atoms with Crippen molar-refractivity contribution in [2.75, 3.05) is 13.1 Å². The normalized spacial score (nSPS) is 18.1. The quantitative estimate of drug-likeness (QED) is 0.941. The van der Waals surface area contributed by atoms with E-state index < -0.39 is 6.04 Å². The highest BCUT2D eigenvalue weighted by Crippen LogP contribution is 2.29. The Balaban J connectivity index is 1.85. The number of hydrogen-bond acceptors (Lipinski definition) is 3. The lowest BCUT2D eigenvalue weighted by molar-refractivity contribution is -0.129. The zero-order valence-corrected chi connectivity index (χ0v) is 14.1. The number of benzene rings is 1. The molecule has 0 saturated carbocycles. The van der Waals surface area contributed by atoms with Crippen LogP contribution in [0.3, 0.4) is 0 Å². The third-order valence-electron chi connectivity index (χ3n) is 4.02. The Morgan fingerprint density at radius 1 is 1.22 bits per heavy atom. The SMILES string of the molecule is CC(C)C1C(=O)NCCN1C(=O)c1ccc(-c2ccccc2)s1. The zero-order chi connectivity index (χ0) is 16.4. The molecule has 1 aromatic heterocycles. The monoisotopic (exact) mass is 328 g/mol. The number of thiophene rings is 1. The van der Waals surface area contributed by atoms with Crippen LogP contribution in [0.2, 0.25) is 0 Å². The molecule has 1 atom stereocenters. The summed E-state index contributed by atoms with van der Waals surface area (Å²) in [7, 11) is 0. The van der Waals surface area contributed by atoms with E-state index in [4.69, 9.17) is 0 Å². The summed E-state index contributed by atoms with van der Waals surface area (Å²) >= 11 is 1.48. The molecule has 1 N–H and O–H groups in total. The van der Waals surface area contributed by atoms with Crippen molar-refractivity contribution in [3.63, 3.8) is 0 Å². The first kappa shape index (κ1) is 15.7. The lowest BCUT2D eigenvalue weighted by Gasteiger charge is -2.37. The molecule has 1 aliphatic heterocycles. The number of carbonyl (C=O) groups excluding carboxylic acids is 2. The van der Waals surface area contributed by atoms with E-state index in [1.165, 1.54) is 11.3 Å². The zero-order valence-electron chi connectivity index (χ0n) is 13.3. The highest BCUT2D eigenvalue weighted by molar-refractivity contribution is 7.17. The van der Waals surface area contributed by atoms with Gasteiger partial charge in [0.25, 0.3) is 5.91 Å². The predicted octanol–water partition coefficient (Wildman–Crippen LogP) is 3.01. The number of hydrogen-bond donors (Lipinski definition) is 1. The highest BCUT2D eigenvalue weighted by atomic mass is 32.1. The van der Waals surface area contributed by atoms with Gasteiger partial charge in [0.2, 0.25) is 5.91 Å². The van der Waals surface area contributed by atoms with E-state index in [1.54, 1.807) is 4.90 Å². The predicted molar refractivity (Wildman–Crippen MR) is 92.4 cm³/mol. The topological polar surface area (TPSA) is 49.4 Å². The molecule has 3 rings (SSSR count). The number of rotatable bonds is 3. The van der Waals surface area contributed by atoms with E-state index in [1.807, 2.05) is 56.3 Å².